The number of aromatic carboxylic acids is 1. The van der Waals surface area contributed by atoms with Crippen LogP contribution in [0.25, 0.3) is 0 Å². The van der Waals surface area contributed by atoms with Gasteiger partial charge >= 0.3 is 12.1 Å². The predicted molar refractivity (Wildman–Crippen MR) is 69.0 cm³/mol. The minimum atomic E-state index is -4.47. The maximum atomic E-state index is 12.4. The molecule has 5 nitrogen and oxygen atoms in total. The lowest BCUT2D eigenvalue weighted by atomic mass is 10.3. The first-order chi connectivity index (χ1) is 9.77. The third-order valence-electron chi connectivity index (χ3n) is 2.37. The summed E-state index contributed by atoms with van der Waals surface area (Å²) in [6, 6.07) is 3.24. The van der Waals surface area contributed by atoms with Gasteiger partial charge in [-0.25, -0.2) is 14.8 Å². The minimum Gasteiger partial charge on any atom is -0.478 e. The number of nitrogens with zero attached hydrogens (tertiary/aromatic N) is 2. The van der Waals surface area contributed by atoms with E-state index < -0.39 is 17.7 Å². The highest BCUT2D eigenvalue weighted by atomic mass is 32.2. The van der Waals surface area contributed by atoms with Crippen molar-refractivity contribution in [3.8, 4) is 0 Å². The number of hydrogen-bond acceptors (Lipinski definition) is 5. The number of hydrogen-bond donors (Lipinski definition) is 2. The second-order valence-corrected chi connectivity index (χ2v) is 4.92. The zero-order valence-corrected chi connectivity index (χ0v) is 11.1. The number of rotatable bonds is 3. The summed E-state index contributed by atoms with van der Waals surface area (Å²) in [5, 5.41) is 9.34. The van der Waals surface area contributed by atoms with E-state index in [9.17, 15) is 18.0 Å². The molecule has 0 aliphatic carbocycles. The SMILES string of the molecule is Nc1cnc(Sc2ccc(C(F)(F)F)cn2)c(C(=O)O)c1. The van der Waals surface area contributed by atoms with E-state index in [0.29, 0.717) is 6.20 Å². The van der Waals surface area contributed by atoms with Crippen molar-refractivity contribution in [2.75, 3.05) is 5.73 Å². The minimum absolute atomic E-state index is 0.101. The van der Waals surface area contributed by atoms with Gasteiger partial charge in [0, 0.05) is 6.20 Å². The van der Waals surface area contributed by atoms with Crippen LogP contribution in [0.4, 0.5) is 18.9 Å². The molecular weight excluding hydrogens is 307 g/mol. The van der Waals surface area contributed by atoms with Gasteiger partial charge in [-0.2, -0.15) is 13.2 Å². The summed E-state index contributed by atoms with van der Waals surface area (Å²) in [6.07, 6.45) is -2.53. The van der Waals surface area contributed by atoms with E-state index in [4.69, 9.17) is 10.8 Å². The van der Waals surface area contributed by atoms with Crippen LogP contribution in [-0.4, -0.2) is 21.0 Å². The first-order valence-corrected chi connectivity index (χ1v) is 6.29. The fourth-order valence-corrected chi connectivity index (χ4v) is 2.21. The smallest absolute Gasteiger partial charge is 0.417 e. The number of aromatic nitrogens is 2. The standard InChI is InChI=1S/C12H8F3N3O2S/c13-12(14,15)6-1-2-9(17-4-6)21-10-8(11(19)20)3-7(16)5-18-10/h1-5H,16H2,(H,19,20). The number of alkyl halides is 3. The van der Waals surface area contributed by atoms with Gasteiger partial charge in [0.15, 0.2) is 0 Å². The van der Waals surface area contributed by atoms with Crippen molar-refractivity contribution in [2.24, 2.45) is 0 Å². The van der Waals surface area contributed by atoms with Gasteiger partial charge in [-0.05, 0) is 30.0 Å². The highest BCUT2D eigenvalue weighted by Crippen LogP contribution is 2.32. The van der Waals surface area contributed by atoms with Crippen LogP contribution in [0.5, 0.6) is 0 Å². The van der Waals surface area contributed by atoms with Crippen molar-refractivity contribution in [2.45, 2.75) is 16.2 Å². The van der Waals surface area contributed by atoms with Crippen molar-refractivity contribution < 1.29 is 23.1 Å². The Hall–Kier alpha value is -2.29. The molecule has 0 atom stereocenters. The molecule has 2 rings (SSSR count). The van der Waals surface area contributed by atoms with Gasteiger partial charge in [0.25, 0.3) is 0 Å². The van der Waals surface area contributed by atoms with Crippen LogP contribution in [0.1, 0.15) is 15.9 Å². The highest BCUT2D eigenvalue weighted by Gasteiger charge is 2.30. The summed E-state index contributed by atoms with van der Waals surface area (Å²) < 4.78 is 37.2. The van der Waals surface area contributed by atoms with Crippen molar-refractivity contribution in [3.63, 3.8) is 0 Å². The number of carboxylic acid groups (broad SMARTS) is 1. The fraction of sp³-hybridized carbons (Fsp3) is 0.0833. The van der Waals surface area contributed by atoms with Crippen LogP contribution < -0.4 is 5.73 Å². The summed E-state index contributed by atoms with van der Waals surface area (Å²) in [6.45, 7) is 0. The van der Waals surface area contributed by atoms with E-state index in [1.165, 1.54) is 12.3 Å². The molecule has 0 aromatic carbocycles. The average molecular weight is 315 g/mol. The lowest BCUT2D eigenvalue weighted by Gasteiger charge is -2.07. The number of anilines is 1. The maximum Gasteiger partial charge on any atom is 0.417 e. The number of nitrogens with two attached hydrogens (primary N) is 1. The van der Waals surface area contributed by atoms with Crippen LogP contribution in [-0.2, 0) is 6.18 Å². The van der Waals surface area contributed by atoms with Crippen LogP contribution in [0.2, 0.25) is 0 Å². The lowest BCUT2D eigenvalue weighted by molar-refractivity contribution is -0.137. The molecule has 0 aliphatic heterocycles. The van der Waals surface area contributed by atoms with E-state index in [1.807, 2.05) is 0 Å². The third kappa shape index (κ3) is 3.63. The number of halogens is 3. The van der Waals surface area contributed by atoms with Gasteiger partial charge in [0.1, 0.15) is 10.1 Å². The predicted octanol–water partition coefficient (Wildman–Crippen LogP) is 2.93. The molecule has 0 fully saturated rings. The van der Waals surface area contributed by atoms with Gasteiger partial charge in [0.2, 0.25) is 0 Å². The highest BCUT2D eigenvalue weighted by molar-refractivity contribution is 7.99. The quantitative estimate of drug-likeness (QED) is 0.905. The Bertz CT molecular complexity index is 674. The van der Waals surface area contributed by atoms with E-state index in [0.717, 1.165) is 23.9 Å². The van der Waals surface area contributed by atoms with Crippen molar-refractivity contribution in [3.05, 3.63) is 41.7 Å². The molecule has 2 aromatic heterocycles. The first kappa shape index (κ1) is 15.1. The van der Waals surface area contributed by atoms with Gasteiger partial charge in [-0.1, -0.05) is 0 Å². The number of nitrogen functional groups attached to an aromatic ring is 1. The number of carbonyl (C=O) groups is 1. The Kier molecular flexibility index (Phi) is 4.03. The fourth-order valence-electron chi connectivity index (χ4n) is 1.41. The topological polar surface area (TPSA) is 89.1 Å². The van der Waals surface area contributed by atoms with Crippen molar-refractivity contribution >= 4 is 23.4 Å². The number of carboxylic acids is 1. The van der Waals surface area contributed by atoms with Crippen LogP contribution in [0.3, 0.4) is 0 Å². The molecule has 0 radical (unpaired) electrons. The molecular formula is C12H8F3N3O2S. The molecule has 110 valence electrons. The second-order valence-electron chi connectivity index (χ2n) is 3.91. The third-order valence-corrected chi connectivity index (χ3v) is 3.34. The molecule has 0 spiro atoms. The molecule has 0 saturated carbocycles. The zero-order valence-electron chi connectivity index (χ0n) is 10.3. The van der Waals surface area contributed by atoms with E-state index in [-0.39, 0.29) is 21.3 Å². The molecule has 9 heteroatoms. The van der Waals surface area contributed by atoms with E-state index in [2.05, 4.69) is 9.97 Å². The Labute approximate surface area is 121 Å². The average Bonchev–Trinajstić information content (AvgIpc) is 2.40. The second kappa shape index (κ2) is 5.60. The summed E-state index contributed by atoms with van der Waals surface area (Å²) in [4.78, 5) is 18.6. The van der Waals surface area contributed by atoms with Crippen LogP contribution >= 0.6 is 11.8 Å². The first-order valence-electron chi connectivity index (χ1n) is 5.47. The van der Waals surface area contributed by atoms with E-state index >= 15 is 0 Å². The van der Waals surface area contributed by atoms with Crippen LogP contribution in [0, 0.1) is 0 Å². The molecule has 0 unspecified atom stereocenters. The number of pyridine rings is 2. The molecule has 0 amide bonds. The summed E-state index contributed by atoms with van der Waals surface area (Å²) in [5.41, 5.74) is 4.61. The van der Waals surface area contributed by atoms with Crippen molar-refractivity contribution in [1.82, 2.24) is 9.97 Å². The normalized spacial score (nSPS) is 11.4. The molecule has 2 heterocycles. The summed E-state index contributed by atoms with van der Waals surface area (Å²) in [5.74, 6) is -1.23. The van der Waals surface area contributed by atoms with Gasteiger partial charge in [-0.15, -0.1) is 0 Å². The van der Waals surface area contributed by atoms with Gasteiger partial charge in [-0.3, -0.25) is 0 Å². The Balaban J connectivity index is 2.28. The van der Waals surface area contributed by atoms with Gasteiger partial charge in [0.05, 0.1) is 23.0 Å². The molecule has 0 bridgehead atoms. The lowest BCUT2D eigenvalue weighted by Crippen LogP contribution is -2.05. The zero-order chi connectivity index (χ0) is 15.6. The molecule has 0 saturated heterocycles. The van der Waals surface area contributed by atoms with Crippen molar-refractivity contribution in [1.29, 1.82) is 0 Å². The molecule has 21 heavy (non-hydrogen) atoms. The Morgan fingerprint density at radius 1 is 1.24 bits per heavy atom. The molecule has 3 N–H and O–H groups in total. The van der Waals surface area contributed by atoms with Crippen LogP contribution in [0.15, 0.2) is 40.6 Å². The largest absolute Gasteiger partial charge is 0.478 e. The van der Waals surface area contributed by atoms with E-state index in [1.54, 1.807) is 0 Å². The van der Waals surface area contributed by atoms with Gasteiger partial charge < -0.3 is 10.8 Å². The molecule has 2 aromatic rings. The summed E-state index contributed by atoms with van der Waals surface area (Å²) >= 11 is 0.845. The Morgan fingerprint density at radius 2 is 1.95 bits per heavy atom. The summed E-state index contributed by atoms with van der Waals surface area (Å²) in [7, 11) is 0. The maximum absolute atomic E-state index is 12.4. The Morgan fingerprint density at radius 3 is 2.48 bits per heavy atom. The molecule has 0 aliphatic rings. The monoisotopic (exact) mass is 315 g/mol.